The molecule has 0 aliphatic heterocycles. The van der Waals surface area contributed by atoms with Crippen LogP contribution in [-0.4, -0.2) is 30.5 Å². The number of halogens is 1. The maximum absolute atomic E-state index is 10.9. The van der Waals surface area contributed by atoms with Gasteiger partial charge in [0.25, 0.3) is 0 Å². The molecule has 1 aromatic carbocycles. The Labute approximate surface area is 99.2 Å². The van der Waals surface area contributed by atoms with Gasteiger partial charge in [-0.25, -0.2) is 0 Å². The van der Waals surface area contributed by atoms with Gasteiger partial charge in [-0.1, -0.05) is 6.07 Å². The molecule has 0 spiro atoms. The normalized spacial score (nSPS) is 9.88. The summed E-state index contributed by atoms with van der Waals surface area (Å²) in [5.41, 5.74) is 0.760. The Morgan fingerprint density at radius 3 is 2.88 bits per heavy atom. The molecular formula is C11H14ClNO3. The number of carbonyl (C=O) groups is 1. The fourth-order valence-corrected chi connectivity index (χ4v) is 1.36. The van der Waals surface area contributed by atoms with Crippen LogP contribution in [0.15, 0.2) is 18.2 Å². The largest absolute Gasteiger partial charge is 0.508 e. The van der Waals surface area contributed by atoms with Crippen molar-refractivity contribution >= 4 is 17.5 Å². The predicted octanol–water partition coefficient (Wildman–Crippen LogP) is 1.30. The third-order valence-electron chi connectivity index (χ3n) is 2.13. The summed E-state index contributed by atoms with van der Waals surface area (Å²) in [7, 11) is 1.54. The third-order valence-corrected chi connectivity index (χ3v) is 2.37. The zero-order valence-corrected chi connectivity index (χ0v) is 9.75. The van der Waals surface area contributed by atoms with Gasteiger partial charge < -0.3 is 15.2 Å². The van der Waals surface area contributed by atoms with Gasteiger partial charge in [0.1, 0.15) is 17.4 Å². The molecule has 0 radical (unpaired) electrons. The van der Waals surface area contributed by atoms with Crippen molar-refractivity contribution in [2.75, 3.05) is 19.5 Å². The summed E-state index contributed by atoms with van der Waals surface area (Å²) >= 11 is 5.33. The number of amides is 1. The monoisotopic (exact) mass is 243 g/mol. The second-order valence-corrected chi connectivity index (χ2v) is 3.50. The van der Waals surface area contributed by atoms with Crippen LogP contribution >= 0.6 is 11.6 Å². The minimum Gasteiger partial charge on any atom is -0.508 e. The smallest absolute Gasteiger partial charge is 0.234 e. The maximum Gasteiger partial charge on any atom is 0.234 e. The number of phenols is 1. The van der Waals surface area contributed by atoms with Crippen molar-refractivity contribution in [2.45, 2.75) is 6.42 Å². The second kappa shape index (κ2) is 6.23. The number of methoxy groups -OCH3 is 1. The standard InChI is InChI=1S/C11H14ClNO3/c1-16-9-3-2-8(10(14)6-9)4-5-13-11(15)7-12/h2-3,6,14H,4-5,7H2,1H3,(H,13,15). The Bertz CT molecular complexity index is 368. The van der Waals surface area contributed by atoms with E-state index in [2.05, 4.69) is 5.32 Å². The van der Waals surface area contributed by atoms with Crippen LogP contribution in [0.1, 0.15) is 5.56 Å². The van der Waals surface area contributed by atoms with Gasteiger partial charge in [-0.15, -0.1) is 11.6 Å². The number of nitrogens with one attached hydrogen (secondary N) is 1. The number of hydrogen-bond acceptors (Lipinski definition) is 3. The van der Waals surface area contributed by atoms with E-state index < -0.39 is 0 Å². The van der Waals surface area contributed by atoms with Gasteiger partial charge in [-0.2, -0.15) is 0 Å². The molecule has 0 heterocycles. The Kier molecular flexibility index (Phi) is 4.92. The van der Waals surface area contributed by atoms with Crippen molar-refractivity contribution in [1.82, 2.24) is 5.32 Å². The quantitative estimate of drug-likeness (QED) is 0.767. The molecular weight excluding hydrogens is 230 g/mol. The minimum absolute atomic E-state index is 0.0470. The topological polar surface area (TPSA) is 58.6 Å². The lowest BCUT2D eigenvalue weighted by Crippen LogP contribution is -2.26. The lowest BCUT2D eigenvalue weighted by molar-refractivity contribution is -0.118. The van der Waals surface area contributed by atoms with Crippen LogP contribution in [0, 0.1) is 0 Å². The van der Waals surface area contributed by atoms with Crippen molar-refractivity contribution in [2.24, 2.45) is 0 Å². The highest BCUT2D eigenvalue weighted by molar-refractivity contribution is 6.27. The van der Waals surface area contributed by atoms with Crippen molar-refractivity contribution in [3.05, 3.63) is 23.8 Å². The molecule has 0 atom stereocenters. The fraction of sp³-hybridized carbons (Fsp3) is 0.364. The van der Waals surface area contributed by atoms with Crippen LogP contribution < -0.4 is 10.1 Å². The molecule has 0 bridgehead atoms. The molecule has 1 rings (SSSR count). The highest BCUT2D eigenvalue weighted by Gasteiger charge is 2.04. The lowest BCUT2D eigenvalue weighted by atomic mass is 10.1. The van der Waals surface area contributed by atoms with Crippen molar-refractivity contribution in [3.63, 3.8) is 0 Å². The molecule has 0 aliphatic rings. The number of phenolic OH excluding ortho intramolecular Hbond substituents is 1. The first-order valence-electron chi connectivity index (χ1n) is 4.86. The second-order valence-electron chi connectivity index (χ2n) is 3.23. The summed E-state index contributed by atoms with van der Waals surface area (Å²) in [6.07, 6.45) is 0.554. The highest BCUT2D eigenvalue weighted by Crippen LogP contribution is 2.23. The zero-order valence-electron chi connectivity index (χ0n) is 9.00. The molecule has 0 aliphatic carbocycles. The van der Waals surface area contributed by atoms with Gasteiger partial charge in [-0.3, -0.25) is 4.79 Å². The van der Waals surface area contributed by atoms with Crippen molar-refractivity contribution < 1.29 is 14.6 Å². The highest BCUT2D eigenvalue weighted by atomic mass is 35.5. The Hall–Kier alpha value is -1.42. The number of ether oxygens (including phenoxy) is 1. The van der Waals surface area contributed by atoms with Gasteiger partial charge in [0.15, 0.2) is 0 Å². The van der Waals surface area contributed by atoms with Gasteiger partial charge in [0.2, 0.25) is 5.91 Å². The molecule has 5 heteroatoms. The van der Waals surface area contributed by atoms with Gasteiger partial charge >= 0.3 is 0 Å². The average Bonchev–Trinajstić information content (AvgIpc) is 2.30. The number of alkyl halides is 1. The summed E-state index contributed by atoms with van der Waals surface area (Å²) in [4.78, 5) is 10.9. The summed E-state index contributed by atoms with van der Waals surface area (Å²) in [5, 5.41) is 12.2. The van der Waals surface area contributed by atoms with Crippen LogP contribution in [0.4, 0.5) is 0 Å². The number of carbonyl (C=O) groups excluding carboxylic acids is 1. The van der Waals surface area contributed by atoms with E-state index in [0.29, 0.717) is 18.7 Å². The van der Waals surface area contributed by atoms with E-state index in [4.69, 9.17) is 16.3 Å². The minimum atomic E-state index is -0.213. The van der Waals surface area contributed by atoms with E-state index in [1.54, 1.807) is 18.2 Å². The van der Waals surface area contributed by atoms with Gasteiger partial charge in [0.05, 0.1) is 7.11 Å². The first kappa shape index (κ1) is 12.6. The van der Waals surface area contributed by atoms with E-state index in [9.17, 15) is 9.90 Å². The van der Waals surface area contributed by atoms with E-state index in [1.807, 2.05) is 0 Å². The van der Waals surface area contributed by atoms with Gasteiger partial charge in [0, 0.05) is 12.6 Å². The van der Waals surface area contributed by atoms with Crippen LogP contribution in [0.3, 0.4) is 0 Å². The van der Waals surface area contributed by atoms with Crippen LogP contribution in [0.2, 0.25) is 0 Å². The first-order valence-corrected chi connectivity index (χ1v) is 5.39. The third kappa shape index (κ3) is 3.62. The molecule has 16 heavy (non-hydrogen) atoms. The van der Waals surface area contributed by atoms with Crippen LogP contribution in [-0.2, 0) is 11.2 Å². The Morgan fingerprint density at radius 2 is 2.31 bits per heavy atom. The molecule has 4 nitrogen and oxygen atoms in total. The number of hydrogen-bond donors (Lipinski definition) is 2. The number of aromatic hydroxyl groups is 1. The molecule has 0 saturated heterocycles. The predicted molar refractivity (Wildman–Crippen MR) is 62.1 cm³/mol. The van der Waals surface area contributed by atoms with Gasteiger partial charge in [-0.05, 0) is 18.1 Å². The van der Waals surface area contributed by atoms with E-state index in [-0.39, 0.29) is 17.5 Å². The molecule has 0 fully saturated rings. The van der Waals surface area contributed by atoms with Crippen LogP contribution in [0.5, 0.6) is 11.5 Å². The Balaban J connectivity index is 2.51. The maximum atomic E-state index is 10.9. The van der Waals surface area contributed by atoms with E-state index in [1.165, 1.54) is 7.11 Å². The SMILES string of the molecule is COc1ccc(CCNC(=O)CCl)c(O)c1. The average molecular weight is 244 g/mol. The number of rotatable bonds is 5. The Morgan fingerprint density at radius 1 is 1.56 bits per heavy atom. The molecule has 1 amide bonds. The zero-order chi connectivity index (χ0) is 12.0. The molecule has 0 saturated carbocycles. The van der Waals surface area contributed by atoms with Crippen molar-refractivity contribution in [3.8, 4) is 11.5 Å². The summed E-state index contributed by atoms with van der Waals surface area (Å²) in [5.74, 6) is 0.509. The summed E-state index contributed by atoms with van der Waals surface area (Å²) in [6, 6.07) is 5.07. The summed E-state index contributed by atoms with van der Waals surface area (Å²) in [6.45, 7) is 0.450. The van der Waals surface area contributed by atoms with Crippen LogP contribution in [0.25, 0.3) is 0 Å². The molecule has 0 unspecified atom stereocenters. The van der Waals surface area contributed by atoms with E-state index in [0.717, 1.165) is 5.56 Å². The molecule has 88 valence electrons. The number of benzene rings is 1. The lowest BCUT2D eigenvalue weighted by Gasteiger charge is -2.07. The fourth-order valence-electron chi connectivity index (χ4n) is 1.27. The first-order chi connectivity index (χ1) is 7.67. The summed E-state index contributed by atoms with van der Waals surface area (Å²) < 4.78 is 4.96. The molecule has 0 aromatic heterocycles. The van der Waals surface area contributed by atoms with Crippen molar-refractivity contribution in [1.29, 1.82) is 0 Å². The molecule has 1 aromatic rings. The van der Waals surface area contributed by atoms with E-state index >= 15 is 0 Å². The molecule has 2 N–H and O–H groups in total.